The third kappa shape index (κ3) is 4.03. The van der Waals surface area contributed by atoms with Crippen LogP contribution in [0.3, 0.4) is 0 Å². The van der Waals surface area contributed by atoms with E-state index in [-0.39, 0.29) is 18.2 Å². The number of hydrogen-bond donors (Lipinski definition) is 2. The third-order valence-electron chi connectivity index (χ3n) is 3.50. The molecule has 1 atom stereocenters. The van der Waals surface area contributed by atoms with E-state index in [2.05, 4.69) is 4.98 Å². The molecule has 1 unspecified atom stereocenters. The molecule has 2 aromatic rings. The van der Waals surface area contributed by atoms with Crippen LogP contribution in [-0.2, 0) is 6.54 Å². The molecule has 0 spiro atoms. The zero-order valence-electron chi connectivity index (χ0n) is 13.4. The van der Waals surface area contributed by atoms with Crippen LogP contribution < -0.4 is 21.7 Å². The lowest BCUT2D eigenvalue weighted by Crippen LogP contribution is -2.31. The molecule has 2 rings (SSSR count). The van der Waals surface area contributed by atoms with E-state index in [9.17, 15) is 9.59 Å². The molecule has 3 N–H and O–H groups in total. The lowest BCUT2D eigenvalue weighted by Gasteiger charge is -2.19. The van der Waals surface area contributed by atoms with E-state index in [0.717, 1.165) is 11.1 Å². The van der Waals surface area contributed by atoms with Crippen LogP contribution in [0.25, 0.3) is 0 Å². The Morgan fingerprint density at radius 3 is 2.65 bits per heavy atom. The van der Waals surface area contributed by atoms with Crippen LogP contribution in [0.5, 0.6) is 5.75 Å². The summed E-state index contributed by atoms with van der Waals surface area (Å²) in [6.45, 7) is 6.01. The molecule has 0 saturated heterocycles. The number of aromatic amines is 1. The summed E-state index contributed by atoms with van der Waals surface area (Å²) in [5.74, 6) is 0.656. The first kappa shape index (κ1) is 17.3. The van der Waals surface area contributed by atoms with Gasteiger partial charge in [-0.2, -0.15) is 0 Å². The number of aryl methyl sites for hydroxylation is 2. The van der Waals surface area contributed by atoms with Crippen LogP contribution in [0, 0.1) is 13.8 Å². The van der Waals surface area contributed by atoms with Gasteiger partial charge in [-0.1, -0.05) is 11.6 Å². The maximum Gasteiger partial charge on any atom is 0.328 e. The number of ether oxygens (including phenoxy) is 1. The highest BCUT2D eigenvalue weighted by atomic mass is 35.5. The van der Waals surface area contributed by atoms with E-state index in [1.54, 1.807) is 19.1 Å². The topological polar surface area (TPSA) is 90.1 Å². The van der Waals surface area contributed by atoms with Gasteiger partial charge < -0.3 is 10.5 Å². The summed E-state index contributed by atoms with van der Waals surface area (Å²) in [6, 6.07) is 3.55. The number of nitrogens with one attached hydrogen (secondary N) is 1. The zero-order valence-corrected chi connectivity index (χ0v) is 14.1. The van der Waals surface area contributed by atoms with Crippen molar-refractivity contribution in [2.75, 3.05) is 6.54 Å². The Morgan fingerprint density at radius 2 is 2.00 bits per heavy atom. The van der Waals surface area contributed by atoms with E-state index < -0.39 is 5.69 Å². The first-order valence-electron chi connectivity index (χ1n) is 7.28. The highest BCUT2D eigenvalue weighted by Crippen LogP contribution is 2.29. The molecule has 0 amide bonds. The van der Waals surface area contributed by atoms with Crippen LogP contribution >= 0.6 is 11.6 Å². The molecule has 124 valence electrons. The van der Waals surface area contributed by atoms with Gasteiger partial charge in [0.15, 0.2) is 0 Å². The van der Waals surface area contributed by atoms with Crippen molar-refractivity contribution >= 4 is 11.6 Å². The molecule has 0 radical (unpaired) electrons. The van der Waals surface area contributed by atoms with Gasteiger partial charge in [0.05, 0.1) is 6.54 Å². The van der Waals surface area contributed by atoms with Crippen molar-refractivity contribution in [1.82, 2.24) is 9.55 Å². The summed E-state index contributed by atoms with van der Waals surface area (Å²) in [5, 5.41) is 0.555. The maximum atomic E-state index is 12.0. The summed E-state index contributed by atoms with van der Waals surface area (Å²) >= 11 is 6.13. The van der Waals surface area contributed by atoms with Gasteiger partial charge in [-0.15, -0.1) is 0 Å². The molecule has 1 heterocycles. The largest absolute Gasteiger partial charge is 0.489 e. The SMILES string of the molecule is Cc1cc(Cl)cc(Cn2cc(C)c(=O)[nH]c2=O)c1OC(C)CN. The number of hydrogen-bond acceptors (Lipinski definition) is 4. The molecular formula is C16H20ClN3O3. The maximum absolute atomic E-state index is 12.0. The number of benzene rings is 1. The van der Waals surface area contributed by atoms with Crippen LogP contribution in [0.1, 0.15) is 23.6 Å². The second-order valence-electron chi connectivity index (χ2n) is 5.57. The molecule has 0 aliphatic heterocycles. The van der Waals surface area contributed by atoms with Crippen LogP contribution in [0.15, 0.2) is 27.9 Å². The Bertz CT molecular complexity index is 826. The van der Waals surface area contributed by atoms with Crippen molar-refractivity contribution in [2.24, 2.45) is 5.73 Å². The summed E-state index contributed by atoms with van der Waals surface area (Å²) in [7, 11) is 0. The molecule has 0 aliphatic carbocycles. The zero-order chi connectivity index (χ0) is 17.1. The van der Waals surface area contributed by atoms with Crippen molar-refractivity contribution in [2.45, 2.75) is 33.4 Å². The van der Waals surface area contributed by atoms with Crippen LogP contribution in [-0.4, -0.2) is 22.2 Å². The van der Waals surface area contributed by atoms with Crippen molar-refractivity contribution in [3.05, 3.63) is 60.9 Å². The standard InChI is InChI=1S/C16H20ClN3O3/c1-9-4-13(17)5-12(14(9)23-11(3)6-18)8-20-7-10(2)15(21)19-16(20)22/h4-5,7,11H,6,8,18H2,1-3H3,(H,19,21,22). The lowest BCUT2D eigenvalue weighted by atomic mass is 10.1. The summed E-state index contributed by atoms with van der Waals surface area (Å²) in [4.78, 5) is 25.7. The Morgan fingerprint density at radius 1 is 1.30 bits per heavy atom. The molecule has 0 fully saturated rings. The second-order valence-corrected chi connectivity index (χ2v) is 6.01. The summed E-state index contributed by atoms with van der Waals surface area (Å²) in [5.41, 5.74) is 6.83. The lowest BCUT2D eigenvalue weighted by molar-refractivity contribution is 0.225. The Labute approximate surface area is 138 Å². The first-order valence-corrected chi connectivity index (χ1v) is 7.65. The minimum atomic E-state index is -0.476. The Kier molecular flexibility index (Phi) is 5.28. The molecule has 0 saturated carbocycles. The van der Waals surface area contributed by atoms with Crippen LogP contribution in [0.4, 0.5) is 0 Å². The molecule has 0 aliphatic rings. The van der Waals surface area contributed by atoms with E-state index in [1.165, 1.54) is 10.8 Å². The number of nitrogens with zero attached hydrogens (tertiary/aromatic N) is 1. The molecule has 1 aromatic carbocycles. The molecule has 0 bridgehead atoms. The third-order valence-corrected chi connectivity index (χ3v) is 3.72. The molecule has 7 heteroatoms. The fourth-order valence-electron chi connectivity index (χ4n) is 2.25. The quantitative estimate of drug-likeness (QED) is 0.866. The Balaban J connectivity index is 2.48. The van der Waals surface area contributed by atoms with E-state index >= 15 is 0 Å². The van der Waals surface area contributed by atoms with Gasteiger partial charge in [0.25, 0.3) is 5.56 Å². The smallest absolute Gasteiger partial charge is 0.328 e. The van der Waals surface area contributed by atoms with E-state index in [0.29, 0.717) is 22.9 Å². The van der Waals surface area contributed by atoms with Crippen LogP contribution in [0.2, 0.25) is 5.02 Å². The minimum Gasteiger partial charge on any atom is -0.489 e. The Hall–Kier alpha value is -2.05. The van der Waals surface area contributed by atoms with Gasteiger partial charge in [-0.25, -0.2) is 4.79 Å². The molecule has 6 nitrogen and oxygen atoms in total. The van der Waals surface area contributed by atoms with E-state index in [1.807, 2.05) is 13.8 Å². The highest BCUT2D eigenvalue weighted by Gasteiger charge is 2.13. The first-order chi connectivity index (χ1) is 10.8. The summed E-state index contributed by atoms with van der Waals surface area (Å²) < 4.78 is 7.29. The van der Waals surface area contributed by atoms with Gasteiger partial charge in [0.1, 0.15) is 11.9 Å². The number of halogens is 1. The molecule has 23 heavy (non-hydrogen) atoms. The van der Waals surface area contributed by atoms with Gasteiger partial charge >= 0.3 is 5.69 Å². The van der Waals surface area contributed by atoms with Gasteiger partial charge in [0.2, 0.25) is 0 Å². The number of H-pyrrole nitrogens is 1. The van der Waals surface area contributed by atoms with Crippen molar-refractivity contribution < 1.29 is 4.74 Å². The number of aromatic nitrogens is 2. The number of nitrogens with two attached hydrogens (primary N) is 1. The average Bonchev–Trinajstić information content (AvgIpc) is 2.47. The fraction of sp³-hybridized carbons (Fsp3) is 0.375. The van der Waals surface area contributed by atoms with Gasteiger partial charge in [-0.05, 0) is 38.5 Å². The predicted octanol–water partition coefficient (Wildman–Crippen LogP) is 1.58. The predicted molar refractivity (Wildman–Crippen MR) is 90.5 cm³/mol. The van der Waals surface area contributed by atoms with Crippen molar-refractivity contribution in [3.8, 4) is 5.75 Å². The average molecular weight is 338 g/mol. The van der Waals surface area contributed by atoms with Crippen molar-refractivity contribution in [1.29, 1.82) is 0 Å². The van der Waals surface area contributed by atoms with Crippen molar-refractivity contribution in [3.63, 3.8) is 0 Å². The van der Waals surface area contributed by atoms with Gasteiger partial charge in [-0.3, -0.25) is 14.3 Å². The molecular weight excluding hydrogens is 318 g/mol. The molecule has 1 aromatic heterocycles. The monoisotopic (exact) mass is 337 g/mol. The normalized spacial score (nSPS) is 12.2. The second kappa shape index (κ2) is 7.02. The fourth-order valence-corrected chi connectivity index (χ4v) is 2.55. The van der Waals surface area contributed by atoms with E-state index in [4.69, 9.17) is 22.1 Å². The highest BCUT2D eigenvalue weighted by molar-refractivity contribution is 6.30. The number of rotatable bonds is 5. The summed E-state index contributed by atoms with van der Waals surface area (Å²) in [6.07, 6.45) is 1.36. The minimum absolute atomic E-state index is 0.164. The van der Waals surface area contributed by atoms with Gasteiger partial charge in [0, 0.05) is 28.9 Å².